The van der Waals surface area contributed by atoms with Gasteiger partial charge in [-0.25, -0.2) is 0 Å². The maximum atomic E-state index is 13.1. The van der Waals surface area contributed by atoms with E-state index in [-0.39, 0.29) is 24.0 Å². The van der Waals surface area contributed by atoms with Gasteiger partial charge < -0.3 is 24.2 Å². The Labute approximate surface area is 179 Å². The topological polar surface area (TPSA) is 98.2 Å². The highest BCUT2D eigenvalue weighted by Gasteiger charge is 2.47. The Hall–Kier alpha value is -3.39. The van der Waals surface area contributed by atoms with Gasteiger partial charge in [-0.3, -0.25) is 14.6 Å². The molecule has 5 rings (SSSR count). The summed E-state index contributed by atoms with van der Waals surface area (Å²) in [5, 5.41) is 11.2. The summed E-state index contributed by atoms with van der Waals surface area (Å²) >= 11 is 0. The molecule has 2 atom stereocenters. The van der Waals surface area contributed by atoms with Crippen molar-refractivity contribution in [1.82, 2.24) is 9.88 Å². The molecule has 0 aliphatic carbocycles. The van der Waals surface area contributed by atoms with Crippen molar-refractivity contribution in [1.29, 1.82) is 0 Å². The quantitative estimate of drug-likeness (QED) is 0.459. The molecule has 3 aliphatic heterocycles. The van der Waals surface area contributed by atoms with Crippen molar-refractivity contribution in [3.05, 3.63) is 59.4 Å². The predicted molar refractivity (Wildman–Crippen MR) is 110 cm³/mol. The monoisotopic (exact) mass is 422 g/mol. The number of carbonyl (C=O) groups excluding carboxylic acids is 2. The number of benzene rings is 1. The van der Waals surface area contributed by atoms with Gasteiger partial charge in [0.1, 0.15) is 19.0 Å². The third-order valence-corrected chi connectivity index (χ3v) is 5.78. The summed E-state index contributed by atoms with van der Waals surface area (Å²) < 4.78 is 16.8. The van der Waals surface area contributed by atoms with E-state index in [2.05, 4.69) is 4.98 Å². The average molecular weight is 422 g/mol. The number of aliphatic hydroxyl groups is 1. The Morgan fingerprint density at radius 1 is 1.13 bits per heavy atom. The number of aromatic nitrogens is 1. The molecule has 4 heterocycles. The number of fused-ring (bicyclic) bond motifs is 1. The van der Waals surface area contributed by atoms with E-state index in [4.69, 9.17) is 14.2 Å². The minimum atomic E-state index is -0.744. The number of hydrogen-bond donors (Lipinski definition) is 1. The molecular formula is C23H22N2O6. The van der Waals surface area contributed by atoms with E-state index >= 15 is 0 Å². The van der Waals surface area contributed by atoms with Gasteiger partial charge in [0.05, 0.1) is 17.7 Å². The normalized spacial score (nSPS) is 24.6. The van der Waals surface area contributed by atoms with E-state index < -0.39 is 17.7 Å². The van der Waals surface area contributed by atoms with E-state index in [1.807, 2.05) is 0 Å². The third kappa shape index (κ3) is 3.53. The number of hydrogen-bond acceptors (Lipinski definition) is 7. The predicted octanol–water partition coefficient (Wildman–Crippen LogP) is 2.45. The summed E-state index contributed by atoms with van der Waals surface area (Å²) in [5.41, 5.74) is 1.07. The van der Waals surface area contributed by atoms with Crippen LogP contribution in [0.15, 0.2) is 48.3 Å². The van der Waals surface area contributed by atoms with E-state index in [0.29, 0.717) is 42.4 Å². The molecule has 31 heavy (non-hydrogen) atoms. The zero-order chi connectivity index (χ0) is 21.4. The second-order valence-electron chi connectivity index (χ2n) is 7.73. The fourth-order valence-electron chi connectivity index (χ4n) is 4.31. The Bertz CT molecular complexity index is 1050. The zero-order valence-corrected chi connectivity index (χ0v) is 16.8. The molecule has 2 aromatic rings. The summed E-state index contributed by atoms with van der Waals surface area (Å²) in [7, 11) is 0. The fourth-order valence-corrected chi connectivity index (χ4v) is 4.31. The van der Waals surface area contributed by atoms with E-state index in [1.165, 1.54) is 4.90 Å². The third-order valence-electron chi connectivity index (χ3n) is 5.78. The summed E-state index contributed by atoms with van der Waals surface area (Å²) in [5.74, 6) is -0.561. The number of ether oxygens (including phenoxy) is 3. The van der Waals surface area contributed by atoms with Gasteiger partial charge in [-0.2, -0.15) is 0 Å². The smallest absolute Gasteiger partial charge is 0.295 e. The van der Waals surface area contributed by atoms with Gasteiger partial charge in [0.15, 0.2) is 11.5 Å². The Morgan fingerprint density at radius 2 is 1.97 bits per heavy atom. The van der Waals surface area contributed by atoms with Crippen LogP contribution >= 0.6 is 0 Å². The molecule has 1 aromatic heterocycles. The van der Waals surface area contributed by atoms with Crippen LogP contribution in [0.1, 0.15) is 30.0 Å². The van der Waals surface area contributed by atoms with Gasteiger partial charge in [-0.1, -0.05) is 6.07 Å². The molecule has 8 heteroatoms. The van der Waals surface area contributed by atoms with Crippen LogP contribution in [0.5, 0.6) is 11.5 Å². The average Bonchev–Trinajstić information content (AvgIpc) is 3.41. The van der Waals surface area contributed by atoms with Gasteiger partial charge in [0.2, 0.25) is 0 Å². The summed E-state index contributed by atoms with van der Waals surface area (Å²) in [6.07, 6.45) is 4.84. The minimum Gasteiger partial charge on any atom is -0.507 e. The Balaban J connectivity index is 1.59. The number of ketones is 1. The van der Waals surface area contributed by atoms with E-state index in [1.54, 1.807) is 42.7 Å². The number of nitrogens with zero attached hydrogens (tertiary/aromatic N) is 2. The first-order chi connectivity index (χ1) is 15.1. The molecule has 1 N–H and O–H groups in total. The second-order valence-corrected chi connectivity index (χ2v) is 7.73. The first-order valence-electron chi connectivity index (χ1n) is 10.3. The molecule has 2 saturated heterocycles. The SMILES string of the molecule is O=C1C(=O)N(C[C@@H]2CCCO2)[C@H](c2cccnc2)C1=C(O)c1ccc2c(c1)OCCO2. The molecule has 3 aliphatic rings. The second kappa shape index (κ2) is 8.03. The molecule has 160 valence electrons. The first-order valence-corrected chi connectivity index (χ1v) is 10.3. The number of aliphatic hydroxyl groups excluding tert-OH is 1. The van der Waals surface area contributed by atoms with Crippen molar-refractivity contribution < 1.29 is 28.9 Å². The van der Waals surface area contributed by atoms with E-state index in [9.17, 15) is 14.7 Å². The molecule has 2 fully saturated rings. The summed E-state index contributed by atoms with van der Waals surface area (Å²) in [6, 6.07) is 7.75. The van der Waals surface area contributed by atoms with Crippen molar-refractivity contribution in [2.75, 3.05) is 26.4 Å². The standard InChI is InChI=1S/C23H22N2O6/c26-21(14-5-6-17-18(11-14)31-10-9-30-17)19-20(15-3-1-7-24-12-15)25(23(28)22(19)27)13-16-4-2-8-29-16/h1,3,5-7,11-12,16,20,26H,2,4,8-10,13H2/t16-,20+/m0/s1. The highest BCUT2D eigenvalue weighted by atomic mass is 16.6. The van der Waals surface area contributed by atoms with Crippen LogP contribution in [0.4, 0.5) is 0 Å². The molecule has 0 unspecified atom stereocenters. The maximum absolute atomic E-state index is 13.1. The van der Waals surface area contributed by atoms with Crippen molar-refractivity contribution in [3.63, 3.8) is 0 Å². The Kier molecular flexibility index (Phi) is 5.07. The van der Waals surface area contributed by atoms with Gasteiger partial charge in [0.25, 0.3) is 11.7 Å². The molecule has 0 bridgehead atoms. The number of pyridine rings is 1. The minimum absolute atomic E-state index is 0.0349. The highest BCUT2D eigenvalue weighted by molar-refractivity contribution is 6.46. The summed E-state index contributed by atoms with van der Waals surface area (Å²) in [6.45, 7) is 1.78. The maximum Gasteiger partial charge on any atom is 0.295 e. The van der Waals surface area contributed by atoms with Crippen LogP contribution in [0, 0.1) is 0 Å². The highest BCUT2D eigenvalue weighted by Crippen LogP contribution is 2.41. The van der Waals surface area contributed by atoms with Gasteiger partial charge >= 0.3 is 0 Å². The lowest BCUT2D eigenvalue weighted by Gasteiger charge is -2.27. The number of Topliss-reactive ketones (excluding diaryl/α,β-unsaturated/α-hetero) is 1. The number of likely N-dealkylation sites (tertiary alicyclic amines) is 1. The van der Waals surface area contributed by atoms with Crippen molar-refractivity contribution in [3.8, 4) is 11.5 Å². The van der Waals surface area contributed by atoms with Gasteiger partial charge in [-0.05, 0) is 42.7 Å². The largest absolute Gasteiger partial charge is 0.507 e. The lowest BCUT2D eigenvalue weighted by Crippen LogP contribution is -2.36. The fraction of sp³-hybridized carbons (Fsp3) is 0.348. The zero-order valence-electron chi connectivity index (χ0n) is 16.8. The van der Waals surface area contributed by atoms with Gasteiger partial charge in [0, 0.05) is 31.1 Å². The summed E-state index contributed by atoms with van der Waals surface area (Å²) in [4.78, 5) is 31.7. The van der Waals surface area contributed by atoms with Crippen molar-refractivity contribution in [2.45, 2.75) is 25.0 Å². The molecule has 1 aromatic carbocycles. The van der Waals surface area contributed by atoms with Crippen molar-refractivity contribution in [2.24, 2.45) is 0 Å². The first kappa shape index (κ1) is 19.6. The Morgan fingerprint density at radius 3 is 2.71 bits per heavy atom. The molecular weight excluding hydrogens is 400 g/mol. The van der Waals surface area contributed by atoms with Crippen LogP contribution in [0.2, 0.25) is 0 Å². The lowest BCUT2D eigenvalue weighted by atomic mass is 9.96. The number of carbonyl (C=O) groups is 2. The van der Waals surface area contributed by atoms with Crippen LogP contribution in [-0.4, -0.2) is 59.2 Å². The number of rotatable bonds is 4. The van der Waals surface area contributed by atoms with Crippen molar-refractivity contribution >= 4 is 17.4 Å². The number of amides is 1. The van der Waals surface area contributed by atoms with Gasteiger partial charge in [-0.15, -0.1) is 0 Å². The van der Waals surface area contributed by atoms with E-state index in [0.717, 1.165) is 12.8 Å². The molecule has 1 amide bonds. The molecule has 8 nitrogen and oxygen atoms in total. The van der Waals surface area contributed by atoms with Crippen LogP contribution in [0.3, 0.4) is 0 Å². The molecule has 0 radical (unpaired) electrons. The van der Waals surface area contributed by atoms with Crippen LogP contribution in [-0.2, 0) is 14.3 Å². The lowest BCUT2D eigenvalue weighted by molar-refractivity contribution is -0.140. The molecule has 0 spiro atoms. The molecule has 0 saturated carbocycles. The van der Waals surface area contributed by atoms with Crippen LogP contribution < -0.4 is 9.47 Å². The van der Waals surface area contributed by atoms with Crippen LogP contribution in [0.25, 0.3) is 5.76 Å².